The molecule has 1 aromatic carbocycles. The number of carbonyl (C=O) groups excluding carboxylic acids is 2. The number of carbonyl (C=O) groups is 2. The molecule has 2 amide bonds. The lowest BCUT2D eigenvalue weighted by Gasteiger charge is -2.31. The Balaban J connectivity index is 1.94. The Hall–Kier alpha value is -2.32. The molecule has 6 nitrogen and oxygen atoms in total. The van der Waals surface area contributed by atoms with Crippen molar-refractivity contribution in [2.24, 2.45) is 0 Å². The molecular weight excluding hydrogens is 321 g/mol. The van der Waals surface area contributed by atoms with Crippen molar-refractivity contribution in [1.82, 2.24) is 10.2 Å². The Labute approximate surface area is 137 Å². The Morgan fingerprint density at radius 2 is 1.91 bits per heavy atom. The van der Waals surface area contributed by atoms with Gasteiger partial charge in [0.15, 0.2) is 5.11 Å². The van der Waals surface area contributed by atoms with Crippen LogP contribution in [0.5, 0.6) is 0 Å². The fourth-order valence-corrected chi connectivity index (χ4v) is 2.66. The van der Waals surface area contributed by atoms with Crippen molar-refractivity contribution in [3.8, 4) is 0 Å². The molecule has 2 heterocycles. The lowest BCUT2D eigenvalue weighted by molar-refractivity contribution is -0.122. The van der Waals surface area contributed by atoms with Crippen molar-refractivity contribution in [3.05, 3.63) is 41.9 Å². The van der Waals surface area contributed by atoms with E-state index in [4.69, 9.17) is 17.0 Å². The molecule has 2 aliphatic heterocycles. The van der Waals surface area contributed by atoms with E-state index in [0.717, 1.165) is 4.90 Å². The summed E-state index contributed by atoms with van der Waals surface area (Å²) >= 11 is 5.03. The van der Waals surface area contributed by atoms with Gasteiger partial charge in [-0.25, -0.2) is 9.29 Å². The highest BCUT2D eigenvalue weighted by Crippen LogP contribution is 2.23. The molecule has 1 aromatic rings. The summed E-state index contributed by atoms with van der Waals surface area (Å²) in [6.45, 7) is 2.20. The number of rotatable bonds is 2. The maximum absolute atomic E-state index is 14.0. The molecule has 2 fully saturated rings. The first kappa shape index (κ1) is 15.6. The van der Waals surface area contributed by atoms with Crippen LogP contribution in [0.3, 0.4) is 0 Å². The number of hydrogen-bond acceptors (Lipinski definition) is 5. The van der Waals surface area contributed by atoms with Gasteiger partial charge in [-0.3, -0.25) is 14.9 Å². The van der Waals surface area contributed by atoms with Crippen molar-refractivity contribution < 1.29 is 18.7 Å². The molecular formula is C15H14FN3O3S. The fraction of sp³-hybridized carbons (Fsp3) is 0.267. The Morgan fingerprint density at radius 3 is 2.61 bits per heavy atom. The van der Waals surface area contributed by atoms with Gasteiger partial charge < -0.3 is 9.64 Å². The van der Waals surface area contributed by atoms with E-state index in [9.17, 15) is 14.0 Å². The first-order chi connectivity index (χ1) is 11.1. The van der Waals surface area contributed by atoms with Crippen LogP contribution in [0.1, 0.15) is 0 Å². The van der Waals surface area contributed by atoms with Gasteiger partial charge in [-0.2, -0.15) is 0 Å². The van der Waals surface area contributed by atoms with E-state index < -0.39 is 17.6 Å². The second-order valence-corrected chi connectivity index (χ2v) is 5.43. The molecule has 3 rings (SSSR count). The molecule has 0 radical (unpaired) electrons. The second kappa shape index (κ2) is 6.43. The Morgan fingerprint density at radius 1 is 1.22 bits per heavy atom. The lowest BCUT2D eigenvalue weighted by Crippen LogP contribution is -2.55. The average molecular weight is 335 g/mol. The molecule has 0 spiro atoms. The topological polar surface area (TPSA) is 61.9 Å². The average Bonchev–Trinajstić information content (AvgIpc) is 2.54. The molecule has 8 heteroatoms. The van der Waals surface area contributed by atoms with Crippen LogP contribution < -0.4 is 10.2 Å². The van der Waals surface area contributed by atoms with E-state index in [1.54, 1.807) is 6.07 Å². The van der Waals surface area contributed by atoms with Gasteiger partial charge in [0.05, 0.1) is 18.9 Å². The van der Waals surface area contributed by atoms with Crippen molar-refractivity contribution in [1.29, 1.82) is 0 Å². The highest BCUT2D eigenvalue weighted by molar-refractivity contribution is 7.80. The van der Waals surface area contributed by atoms with Crippen LogP contribution in [0.2, 0.25) is 0 Å². The van der Waals surface area contributed by atoms with Crippen molar-refractivity contribution >= 4 is 34.8 Å². The standard InChI is InChI=1S/C15H14FN3O3S/c16-11-3-1-2-4-12(11)19-14(21)10(13(20)17-15(19)23)9-18-5-7-22-8-6-18/h1-4,9H,5-8H2,(H,17,20,23). The number of amides is 2. The maximum Gasteiger partial charge on any atom is 0.271 e. The Bertz CT molecular complexity index is 701. The van der Waals surface area contributed by atoms with E-state index in [2.05, 4.69) is 5.32 Å². The summed E-state index contributed by atoms with van der Waals surface area (Å²) in [5, 5.41) is 2.29. The van der Waals surface area contributed by atoms with Crippen molar-refractivity contribution in [2.75, 3.05) is 31.2 Å². The van der Waals surface area contributed by atoms with Crippen LogP contribution in [0.25, 0.3) is 0 Å². The predicted octanol–water partition coefficient (Wildman–Crippen LogP) is 0.789. The molecule has 23 heavy (non-hydrogen) atoms. The van der Waals surface area contributed by atoms with Gasteiger partial charge in [0.1, 0.15) is 11.4 Å². The number of ether oxygens (including phenoxy) is 1. The van der Waals surface area contributed by atoms with E-state index in [0.29, 0.717) is 26.3 Å². The van der Waals surface area contributed by atoms with E-state index >= 15 is 0 Å². The molecule has 0 atom stereocenters. The summed E-state index contributed by atoms with van der Waals surface area (Å²) in [5.74, 6) is -1.82. The fourth-order valence-electron chi connectivity index (χ4n) is 2.39. The van der Waals surface area contributed by atoms with E-state index in [1.807, 2.05) is 4.90 Å². The molecule has 120 valence electrons. The summed E-state index contributed by atoms with van der Waals surface area (Å²) < 4.78 is 19.2. The summed E-state index contributed by atoms with van der Waals surface area (Å²) in [4.78, 5) is 27.6. The molecule has 0 bridgehead atoms. The predicted molar refractivity (Wildman–Crippen MR) is 85.1 cm³/mol. The lowest BCUT2D eigenvalue weighted by atomic mass is 10.1. The van der Waals surface area contributed by atoms with Crippen LogP contribution in [0.4, 0.5) is 10.1 Å². The van der Waals surface area contributed by atoms with Gasteiger partial charge in [-0.05, 0) is 24.4 Å². The molecule has 2 saturated heterocycles. The first-order valence-corrected chi connectivity index (χ1v) is 7.46. The number of nitrogens with zero attached hydrogens (tertiary/aromatic N) is 2. The van der Waals surface area contributed by atoms with Gasteiger partial charge in [0.25, 0.3) is 11.8 Å². The number of halogens is 1. The normalized spacial score (nSPS) is 20.9. The first-order valence-electron chi connectivity index (χ1n) is 7.06. The minimum absolute atomic E-state index is 0.00961. The molecule has 0 aromatic heterocycles. The molecule has 2 aliphatic rings. The number of hydrogen-bond donors (Lipinski definition) is 1. The Kier molecular flexibility index (Phi) is 4.35. The zero-order valence-electron chi connectivity index (χ0n) is 12.1. The van der Waals surface area contributed by atoms with Crippen LogP contribution in [0.15, 0.2) is 36.0 Å². The number of thiocarbonyl (C=S) groups is 1. The number of morpholine rings is 1. The third-order valence-electron chi connectivity index (χ3n) is 3.55. The maximum atomic E-state index is 14.0. The third-order valence-corrected chi connectivity index (χ3v) is 3.84. The zero-order chi connectivity index (χ0) is 16.4. The van der Waals surface area contributed by atoms with Crippen molar-refractivity contribution in [3.63, 3.8) is 0 Å². The van der Waals surface area contributed by atoms with Crippen LogP contribution in [-0.4, -0.2) is 48.1 Å². The third kappa shape index (κ3) is 3.08. The quantitative estimate of drug-likeness (QED) is 0.492. The minimum Gasteiger partial charge on any atom is -0.378 e. The smallest absolute Gasteiger partial charge is 0.271 e. The van der Waals surface area contributed by atoms with Gasteiger partial charge in [0, 0.05) is 19.3 Å². The summed E-state index contributed by atoms with van der Waals surface area (Å²) in [5.41, 5.74) is -0.0702. The van der Waals surface area contributed by atoms with Crippen LogP contribution in [0, 0.1) is 5.82 Å². The van der Waals surface area contributed by atoms with Gasteiger partial charge in [0.2, 0.25) is 0 Å². The monoisotopic (exact) mass is 335 g/mol. The summed E-state index contributed by atoms with van der Waals surface area (Å²) in [7, 11) is 0. The minimum atomic E-state index is -0.643. The number of benzene rings is 1. The van der Waals surface area contributed by atoms with Crippen LogP contribution in [-0.2, 0) is 14.3 Å². The van der Waals surface area contributed by atoms with E-state index in [1.165, 1.54) is 24.4 Å². The zero-order valence-corrected chi connectivity index (χ0v) is 12.9. The molecule has 0 saturated carbocycles. The van der Waals surface area contributed by atoms with Gasteiger partial charge >= 0.3 is 0 Å². The van der Waals surface area contributed by atoms with Crippen LogP contribution >= 0.6 is 12.2 Å². The summed E-state index contributed by atoms with van der Waals surface area (Å²) in [6.07, 6.45) is 1.48. The highest BCUT2D eigenvalue weighted by Gasteiger charge is 2.36. The van der Waals surface area contributed by atoms with E-state index in [-0.39, 0.29) is 16.4 Å². The van der Waals surface area contributed by atoms with Gasteiger partial charge in [-0.15, -0.1) is 0 Å². The number of para-hydroxylation sites is 1. The number of anilines is 1. The highest BCUT2D eigenvalue weighted by atomic mass is 32.1. The van der Waals surface area contributed by atoms with Gasteiger partial charge in [-0.1, -0.05) is 12.1 Å². The number of nitrogens with one attached hydrogen (secondary N) is 1. The molecule has 0 aliphatic carbocycles. The molecule has 0 unspecified atom stereocenters. The SMILES string of the molecule is O=C1NC(=S)N(c2ccccc2F)C(=O)C1=CN1CCOCC1. The molecule has 1 N–H and O–H groups in total. The van der Waals surface area contributed by atoms with Crippen molar-refractivity contribution in [2.45, 2.75) is 0 Å². The largest absolute Gasteiger partial charge is 0.378 e. The summed E-state index contributed by atoms with van der Waals surface area (Å²) in [6, 6.07) is 5.77. The second-order valence-electron chi connectivity index (χ2n) is 5.04.